The van der Waals surface area contributed by atoms with E-state index in [0.29, 0.717) is 37.8 Å². The molecule has 1 saturated carbocycles. The molecule has 2 unspecified atom stereocenters. The number of alkyl carbamates (subject to hydrolysis) is 1. The molecule has 0 bridgehead atoms. The second kappa shape index (κ2) is 9.66. The molecule has 2 aliphatic rings. The zero-order valence-corrected chi connectivity index (χ0v) is 20.8. The van der Waals surface area contributed by atoms with E-state index in [1.807, 2.05) is 25.7 Å². The average molecular weight is 483 g/mol. The molecule has 1 aliphatic heterocycles. The number of carbonyl (C=O) groups excluding carboxylic acids is 1. The zero-order chi connectivity index (χ0) is 25.3. The number of aromatic nitrogens is 1. The SMILES string of the molecule is C=C(N1CCN(c2cncc(C(F)(F)F)c2)CC1)C1(C(C)C)CCC(NC(=O)OC(C)(C)C)C1. The number of hydrogen-bond acceptors (Lipinski definition) is 5. The third-order valence-electron chi connectivity index (χ3n) is 7.03. The summed E-state index contributed by atoms with van der Waals surface area (Å²) < 4.78 is 44.6. The summed E-state index contributed by atoms with van der Waals surface area (Å²) in [6.07, 6.45) is 0.101. The summed E-state index contributed by atoms with van der Waals surface area (Å²) in [6.45, 7) is 16.9. The van der Waals surface area contributed by atoms with Crippen LogP contribution in [0.25, 0.3) is 0 Å². The fraction of sp³-hybridized carbons (Fsp3) is 0.680. The number of ether oxygens (including phenoxy) is 1. The maximum atomic E-state index is 13.1. The van der Waals surface area contributed by atoms with Gasteiger partial charge in [0.15, 0.2) is 0 Å². The molecule has 2 fully saturated rings. The third kappa shape index (κ3) is 5.96. The molecule has 1 N–H and O–H groups in total. The van der Waals surface area contributed by atoms with Crippen molar-refractivity contribution >= 4 is 11.8 Å². The van der Waals surface area contributed by atoms with E-state index >= 15 is 0 Å². The van der Waals surface area contributed by atoms with Crippen molar-refractivity contribution in [3.8, 4) is 0 Å². The van der Waals surface area contributed by atoms with Crippen LogP contribution in [0.4, 0.5) is 23.7 Å². The Morgan fingerprint density at radius 1 is 1.21 bits per heavy atom. The Morgan fingerprint density at radius 2 is 1.85 bits per heavy atom. The molecule has 2 atom stereocenters. The highest BCUT2D eigenvalue weighted by molar-refractivity contribution is 5.68. The van der Waals surface area contributed by atoms with Crippen LogP contribution in [-0.4, -0.2) is 53.8 Å². The molecule has 6 nitrogen and oxygen atoms in total. The number of rotatable bonds is 5. The number of pyridine rings is 1. The van der Waals surface area contributed by atoms with Crippen molar-refractivity contribution in [1.29, 1.82) is 0 Å². The molecule has 1 aliphatic carbocycles. The Balaban J connectivity index is 1.63. The van der Waals surface area contributed by atoms with Crippen LogP contribution in [0.2, 0.25) is 0 Å². The van der Waals surface area contributed by atoms with Crippen molar-refractivity contribution in [1.82, 2.24) is 15.2 Å². The Bertz CT molecular complexity index is 889. The van der Waals surface area contributed by atoms with Crippen LogP contribution in [0, 0.1) is 11.3 Å². The standard InChI is InChI=1S/C25H37F3N4O2/c1-17(2)24(8-7-20(14-24)30-22(33)34-23(4,5)6)18(3)31-9-11-32(12-10-31)21-13-19(15-29-16-21)25(26,27)28/h13,15-17,20H,3,7-12,14H2,1-2,4-6H3,(H,30,33). The Kier molecular flexibility index (Phi) is 7.43. The summed E-state index contributed by atoms with van der Waals surface area (Å²) in [4.78, 5) is 20.3. The maximum absolute atomic E-state index is 13.1. The van der Waals surface area contributed by atoms with Gasteiger partial charge in [-0.05, 0) is 52.0 Å². The lowest BCUT2D eigenvalue weighted by Crippen LogP contribution is -2.49. The number of carbonyl (C=O) groups is 1. The van der Waals surface area contributed by atoms with E-state index in [0.717, 1.165) is 37.2 Å². The molecule has 1 aromatic heterocycles. The van der Waals surface area contributed by atoms with Gasteiger partial charge >= 0.3 is 12.3 Å². The second-order valence-electron chi connectivity index (χ2n) is 10.7. The smallest absolute Gasteiger partial charge is 0.417 e. The zero-order valence-electron chi connectivity index (χ0n) is 20.8. The van der Waals surface area contributed by atoms with Crippen LogP contribution in [0.1, 0.15) is 59.4 Å². The summed E-state index contributed by atoms with van der Waals surface area (Å²) in [6, 6.07) is 1.18. The minimum atomic E-state index is -4.41. The first-order valence-corrected chi connectivity index (χ1v) is 11.9. The van der Waals surface area contributed by atoms with Gasteiger partial charge in [0.1, 0.15) is 5.60 Å². The van der Waals surface area contributed by atoms with Gasteiger partial charge in [0, 0.05) is 49.5 Å². The van der Waals surface area contributed by atoms with E-state index in [1.165, 1.54) is 6.20 Å². The van der Waals surface area contributed by atoms with Crippen molar-refractivity contribution in [3.05, 3.63) is 36.3 Å². The summed E-state index contributed by atoms with van der Waals surface area (Å²) >= 11 is 0. The van der Waals surface area contributed by atoms with Crippen LogP contribution in [0.5, 0.6) is 0 Å². The molecular formula is C25H37F3N4O2. The number of nitrogens with one attached hydrogen (secondary N) is 1. The van der Waals surface area contributed by atoms with Gasteiger partial charge in [-0.2, -0.15) is 13.2 Å². The van der Waals surface area contributed by atoms with Crippen LogP contribution in [0.3, 0.4) is 0 Å². The number of anilines is 1. The number of halogens is 3. The van der Waals surface area contributed by atoms with E-state index in [1.54, 1.807) is 0 Å². The van der Waals surface area contributed by atoms with Crippen LogP contribution < -0.4 is 10.2 Å². The van der Waals surface area contributed by atoms with Crippen molar-refractivity contribution < 1.29 is 22.7 Å². The summed E-state index contributed by atoms with van der Waals surface area (Å²) in [5.41, 5.74) is 0.125. The summed E-state index contributed by atoms with van der Waals surface area (Å²) in [5, 5.41) is 3.02. The number of allylic oxidation sites excluding steroid dienone is 1. The summed E-state index contributed by atoms with van der Waals surface area (Å²) in [5.74, 6) is 0.330. The fourth-order valence-corrected chi connectivity index (χ4v) is 5.10. The molecule has 0 radical (unpaired) electrons. The molecule has 9 heteroatoms. The molecule has 1 saturated heterocycles. The summed E-state index contributed by atoms with van der Waals surface area (Å²) in [7, 11) is 0. The highest BCUT2D eigenvalue weighted by atomic mass is 19.4. The highest BCUT2D eigenvalue weighted by Gasteiger charge is 2.46. The van der Waals surface area contributed by atoms with Crippen molar-refractivity contribution in [2.24, 2.45) is 11.3 Å². The molecule has 0 aromatic carbocycles. The van der Waals surface area contributed by atoms with E-state index in [9.17, 15) is 18.0 Å². The lowest BCUT2D eigenvalue weighted by Gasteiger charge is -2.46. The topological polar surface area (TPSA) is 57.7 Å². The van der Waals surface area contributed by atoms with Gasteiger partial charge in [0.2, 0.25) is 0 Å². The van der Waals surface area contributed by atoms with E-state index in [4.69, 9.17) is 4.74 Å². The minimum Gasteiger partial charge on any atom is -0.444 e. The predicted molar refractivity (Wildman–Crippen MR) is 126 cm³/mol. The van der Waals surface area contributed by atoms with E-state index < -0.39 is 23.4 Å². The van der Waals surface area contributed by atoms with Gasteiger partial charge in [-0.3, -0.25) is 4.98 Å². The monoisotopic (exact) mass is 482 g/mol. The normalized spacial score (nSPS) is 23.9. The van der Waals surface area contributed by atoms with Gasteiger partial charge in [-0.1, -0.05) is 20.4 Å². The molecule has 3 rings (SSSR count). The number of hydrogen-bond donors (Lipinski definition) is 1. The number of amides is 1. The van der Waals surface area contributed by atoms with Gasteiger partial charge in [0.25, 0.3) is 0 Å². The first-order valence-electron chi connectivity index (χ1n) is 11.9. The number of nitrogens with zero attached hydrogens (tertiary/aromatic N) is 3. The molecule has 0 spiro atoms. The Hall–Kier alpha value is -2.45. The minimum absolute atomic E-state index is 0.0199. The van der Waals surface area contributed by atoms with Crippen molar-refractivity contribution in [3.63, 3.8) is 0 Å². The first-order chi connectivity index (χ1) is 15.7. The molecule has 2 heterocycles. The average Bonchev–Trinajstić information content (AvgIpc) is 3.16. The first kappa shape index (κ1) is 26.2. The van der Waals surface area contributed by atoms with Gasteiger partial charge < -0.3 is 19.9 Å². The molecule has 1 amide bonds. The van der Waals surface area contributed by atoms with E-state index in [2.05, 4.69) is 35.6 Å². The Morgan fingerprint density at radius 3 is 2.41 bits per heavy atom. The molecule has 1 aromatic rings. The van der Waals surface area contributed by atoms with Crippen molar-refractivity contribution in [2.45, 2.75) is 71.7 Å². The third-order valence-corrected chi connectivity index (χ3v) is 7.03. The maximum Gasteiger partial charge on any atom is 0.417 e. The van der Waals surface area contributed by atoms with Crippen molar-refractivity contribution in [2.75, 3.05) is 31.1 Å². The quantitative estimate of drug-likeness (QED) is 0.604. The molecule has 34 heavy (non-hydrogen) atoms. The molecule has 190 valence electrons. The van der Waals surface area contributed by atoms with Crippen LogP contribution in [-0.2, 0) is 10.9 Å². The van der Waals surface area contributed by atoms with Gasteiger partial charge in [-0.15, -0.1) is 0 Å². The predicted octanol–water partition coefficient (Wildman–Crippen LogP) is 5.46. The lowest BCUT2D eigenvalue weighted by molar-refractivity contribution is -0.137. The van der Waals surface area contributed by atoms with Gasteiger partial charge in [-0.25, -0.2) is 4.79 Å². The van der Waals surface area contributed by atoms with Crippen LogP contribution >= 0.6 is 0 Å². The number of alkyl halides is 3. The van der Waals surface area contributed by atoms with Crippen LogP contribution in [0.15, 0.2) is 30.7 Å². The number of piperazine rings is 1. The highest BCUT2D eigenvalue weighted by Crippen LogP contribution is 2.50. The van der Waals surface area contributed by atoms with E-state index in [-0.39, 0.29) is 11.5 Å². The second-order valence-corrected chi connectivity index (χ2v) is 10.7. The van der Waals surface area contributed by atoms with Gasteiger partial charge in [0.05, 0.1) is 17.4 Å². The largest absolute Gasteiger partial charge is 0.444 e. The molecular weight excluding hydrogens is 445 g/mol. The Labute approximate surface area is 200 Å². The lowest BCUT2D eigenvalue weighted by atomic mass is 9.72. The fourth-order valence-electron chi connectivity index (χ4n) is 5.10.